The molecular weight excluding hydrogens is 238 g/mol. The lowest BCUT2D eigenvalue weighted by atomic mass is 10.1. The highest BCUT2D eigenvalue weighted by Gasteiger charge is 2.17. The molecule has 0 saturated heterocycles. The van der Waals surface area contributed by atoms with Gasteiger partial charge in [0.05, 0.1) is 0 Å². The van der Waals surface area contributed by atoms with Gasteiger partial charge in [0.15, 0.2) is 0 Å². The Kier molecular flexibility index (Phi) is 3.54. The molecular formula is C15H23N3O. The van der Waals surface area contributed by atoms with Crippen molar-refractivity contribution < 1.29 is 4.42 Å². The van der Waals surface area contributed by atoms with Crippen LogP contribution in [0.25, 0.3) is 11.3 Å². The Bertz CT molecular complexity index is 573. The number of hydrogen-bond acceptors (Lipinski definition) is 3. The van der Waals surface area contributed by atoms with E-state index >= 15 is 0 Å². The normalized spacial score (nSPS) is 12.1. The smallest absolute Gasteiger partial charge is 0.110 e. The van der Waals surface area contributed by atoms with Crippen molar-refractivity contribution >= 4 is 0 Å². The number of nitrogens with one attached hydrogen (secondary N) is 1. The minimum atomic E-state index is 0.0917. The van der Waals surface area contributed by atoms with Gasteiger partial charge in [-0.05, 0) is 40.7 Å². The number of hydrogen-bond donors (Lipinski definition) is 1. The van der Waals surface area contributed by atoms with Gasteiger partial charge in [-0.25, -0.2) is 0 Å². The van der Waals surface area contributed by atoms with Crippen LogP contribution in [-0.4, -0.2) is 15.3 Å². The number of furan rings is 1. The van der Waals surface area contributed by atoms with Gasteiger partial charge >= 0.3 is 0 Å². The molecule has 0 saturated carbocycles. The molecule has 2 heterocycles. The molecule has 0 unspecified atom stereocenters. The summed E-state index contributed by atoms with van der Waals surface area (Å²) in [5.41, 5.74) is 3.38. The van der Waals surface area contributed by atoms with Gasteiger partial charge in [-0.3, -0.25) is 4.68 Å². The minimum Gasteiger partial charge on any atom is -0.466 e. The van der Waals surface area contributed by atoms with Gasteiger partial charge in [-0.1, -0.05) is 0 Å². The minimum absolute atomic E-state index is 0.0917. The predicted octanol–water partition coefficient (Wildman–Crippen LogP) is 3.19. The van der Waals surface area contributed by atoms with Crippen molar-refractivity contribution in [1.29, 1.82) is 0 Å². The molecule has 0 aliphatic carbocycles. The number of aryl methyl sites for hydroxylation is 3. The molecule has 0 atom stereocenters. The number of rotatable bonds is 3. The van der Waals surface area contributed by atoms with Gasteiger partial charge in [0.25, 0.3) is 0 Å². The topological polar surface area (TPSA) is 43.0 Å². The average Bonchev–Trinajstić information content (AvgIpc) is 2.77. The monoisotopic (exact) mass is 261 g/mol. The van der Waals surface area contributed by atoms with E-state index in [0.29, 0.717) is 0 Å². The number of nitrogens with zero attached hydrogens (tertiary/aromatic N) is 2. The third-order valence-electron chi connectivity index (χ3n) is 3.01. The second kappa shape index (κ2) is 4.85. The van der Waals surface area contributed by atoms with Crippen molar-refractivity contribution in [1.82, 2.24) is 15.1 Å². The van der Waals surface area contributed by atoms with Crippen LogP contribution in [0.2, 0.25) is 0 Å². The van der Waals surface area contributed by atoms with Crippen molar-refractivity contribution in [3.05, 3.63) is 29.3 Å². The van der Waals surface area contributed by atoms with Crippen molar-refractivity contribution in [3.8, 4) is 11.3 Å². The lowest BCUT2D eigenvalue weighted by molar-refractivity contribution is 0.424. The predicted molar refractivity (Wildman–Crippen MR) is 77.0 cm³/mol. The molecule has 4 nitrogen and oxygen atoms in total. The molecule has 2 rings (SSSR count). The summed E-state index contributed by atoms with van der Waals surface area (Å²) in [6.45, 7) is 11.2. The quantitative estimate of drug-likeness (QED) is 0.922. The summed E-state index contributed by atoms with van der Waals surface area (Å²) in [4.78, 5) is 0. The largest absolute Gasteiger partial charge is 0.466 e. The zero-order valence-electron chi connectivity index (χ0n) is 12.7. The van der Waals surface area contributed by atoms with Crippen LogP contribution >= 0.6 is 0 Å². The first kappa shape index (κ1) is 13.9. The highest BCUT2D eigenvalue weighted by atomic mass is 16.3. The third-order valence-corrected chi connectivity index (χ3v) is 3.01. The van der Waals surface area contributed by atoms with Crippen LogP contribution in [0.4, 0.5) is 0 Å². The van der Waals surface area contributed by atoms with Crippen LogP contribution in [0.15, 0.2) is 16.7 Å². The molecule has 2 aromatic heterocycles. The summed E-state index contributed by atoms with van der Waals surface area (Å²) in [5.74, 6) is 1.85. The Hall–Kier alpha value is -1.55. The first-order chi connectivity index (χ1) is 8.76. The van der Waals surface area contributed by atoms with E-state index in [9.17, 15) is 0 Å². The molecule has 0 radical (unpaired) electrons. The Labute approximate surface area is 114 Å². The van der Waals surface area contributed by atoms with E-state index in [4.69, 9.17) is 4.42 Å². The summed E-state index contributed by atoms with van der Waals surface area (Å²) in [7, 11) is 1.95. The lowest BCUT2D eigenvalue weighted by Gasteiger charge is -2.20. The van der Waals surface area contributed by atoms with Crippen LogP contribution in [-0.2, 0) is 13.6 Å². The van der Waals surface area contributed by atoms with Crippen molar-refractivity contribution in [2.75, 3.05) is 0 Å². The fourth-order valence-electron chi connectivity index (χ4n) is 2.12. The van der Waals surface area contributed by atoms with Crippen LogP contribution in [0.5, 0.6) is 0 Å². The highest BCUT2D eigenvalue weighted by molar-refractivity contribution is 5.65. The van der Waals surface area contributed by atoms with E-state index in [0.717, 1.165) is 29.3 Å². The summed E-state index contributed by atoms with van der Waals surface area (Å²) < 4.78 is 7.47. The van der Waals surface area contributed by atoms with Gasteiger partial charge in [-0.2, -0.15) is 5.10 Å². The summed E-state index contributed by atoms with van der Waals surface area (Å²) in [6, 6.07) is 2.05. The Balaban J connectivity index is 2.33. The molecule has 1 N–H and O–H groups in total. The first-order valence-corrected chi connectivity index (χ1v) is 6.61. The van der Waals surface area contributed by atoms with Crippen molar-refractivity contribution in [3.63, 3.8) is 0 Å². The molecule has 0 aromatic carbocycles. The van der Waals surface area contributed by atoms with Crippen LogP contribution < -0.4 is 5.32 Å². The second-order valence-corrected chi connectivity index (χ2v) is 6.11. The molecule has 2 aromatic rings. The highest BCUT2D eigenvalue weighted by Crippen LogP contribution is 2.28. The molecule has 19 heavy (non-hydrogen) atoms. The summed E-state index contributed by atoms with van der Waals surface area (Å²) in [5, 5.41) is 8.08. The molecule has 104 valence electrons. The zero-order chi connectivity index (χ0) is 14.2. The molecule has 4 heteroatoms. The molecule has 0 bridgehead atoms. The molecule has 0 aliphatic rings. The maximum atomic E-state index is 5.61. The van der Waals surface area contributed by atoms with Gasteiger partial charge in [0.2, 0.25) is 0 Å². The molecule has 0 spiro atoms. The average molecular weight is 261 g/mol. The van der Waals surface area contributed by atoms with Crippen LogP contribution in [0.3, 0.4) is 0 Å². The Morgan fingerprint density at radius 3 is 2.53 bits per heavy atom. The summed E-state index contributed by atoms with van der Waals surface area (Å²) in [6.07, 6.45) is 2.07. The fraction of sp³-hybridized carbons (Fsp3) is 0.533. The van der Waals surface area contributed by atoms with Crippen molar-refractivity contribution in [2.24, 2.45) is 7.05 Å². The van der Waals surface area contributed by atoms with Gasteiger partial charge < -0.3 is 9.73 Å². The summed E-state index contributed by atoms with van der Waals surface area (Å²) >= 11 is 0. The molecule has 0 amide bonds. The maximum Gasteiger partial charge on any atom is 0.110 e. The maximum absolute atomic E-state index is 5.61. The zero-order valence-corrected chi connectivity index (χ0v) is 12.7. The Morgan fingerprint density at radius 2 is 2.00 bits per heavy atom. The van der Waals surface area contributed by atoms with Gasteiger partial charge in [0.1, 0.15) is 17.2 Å². The lowest BCUT2D eigenvalue weighted by Crippen LogP contribution is -2.35. The van der Waals surface area contributed by atoms with E-state index < -0.39 is 0 Å². The van der Waals surface area contributed by atoms with E-state index in [-0.39, 0.29) is 5.54 Å². The van der Waals surface area contributed by atoms with Crippen molar-refractivity contribution in [2.45, 2.75) is 46.7 Å². The Morgan fingerprint density at radius 1 is 1.32 bits per heavy atom. The third kappa shape index (κ3) is 3.26. The molecule has 0 aliphatic heterocycles. The van der Waals surface area contributed by atoms with Gasteiger partial charge in [-0.15, -0.1) is 0 Å². The van der Waals surface area contributed by atoms with Crippen LogP contribution in [0, 0.1) is 13.8 Å². The standard InChI is InChI=1S/C15H23N3O/c1-10-7-13(11(2)19-10)14-12(9-18(6)17-14)8-16-15(3,4)5/h7,9,16H,8H2,1-6H3. The second-order valence-electron chi connectivity index (χ2n) is 6.11. The number of aromatic nitrogens is 2. The fourth-order valence-corrected chi connectivity index (χ4v) is 2.12. The van der Waals surface area contributed by atoms with E-state index in [1.165, 1.54) is 5.56 Å². The molecule has 0 fully saturated rings. The SMILES string of the molecule is Cc1cc(-c2nn(C)cc2CNC(C)(C)C)c(C)o1. The van der Waals surface area contributed by atoms with E-state index in [1.807, 2.05) is 25.6 Å². The first-order valence-electron chi connectivity index (χ1n) is 6.61. The van der Waals surface area contributed by atoms with Gasteiger partial charge in [0, 0.05) is 36.5 Å². The van der Waals surface area contributed by atoms with Crippen LogP contribution in [0.1, 0.15) is 37.9 Å². The van der Waals surface area contributed by atoms with E-state index in [2.05, 4.69) is 43.4 Å². The van der Waals surface area contributed by atoms with E-state index in [1.54, 1.807) is 0 Å².